The second kappa shape index (κ2) is 7.15. The number of carbonyl (C=O) groups excluding carboxylic acids is 1. The summed E-state index contributed by atoms with van der Waals surface area (Å²) >= 11 is 0. The van der Waals surface area contributed by atoms with Crippen LogP contribution in [0.25, 0.3) is 16.7 Å². The zero-order valence-electron chi connectivity index (χ0n) is 18.0. The predicted octanol–water partition coefficient (Wildman–Crippen LogP) is 3.78. The average molecular weight is 428 g/mol. The van der Waals surface area contributed by atoms with Crippen molar-refractivity contribution in [2.75, 3.05) is 25.5 Å². The first-order valence-electron chi connectivity index (χ1n) is 11.0. The third-order valence-corrected chi connectivity index (χ3v) is 6.75. The van der Waals surface area contributed by atoms with Crippen molar-refractivity contribution in [3.05, 3.63) is 72.8 Å². The number of aromatic nitrogens is 3. The summed E-state index contributed by atoms with van der Waals surface area (Å²) in [5, 5.41) is 3.79. The Bertz CT molecular complexity index is 1320. The van der Waals surface area contributed by atoms with Crippen LogP contribution >= 0.6 is 0 Å². The highest BCUT2D eigenvalue weighted by atomic mass is 16.5. The molecule has 162 valence electrons. The summed E-state index contributed by atoms with van der Waals surface area (Å²) in [6, 6.07) is 18.3. The summed E-state index contributed by atoms with van der Waals surface area (Å²) in [4.78, 5) is 19.8. The molecule has 1 atom stereocenters. The molecule has 2 aliphatic heterocycles. The fraction of sp³-hybridized carbons (Fsp3) is 0.280. The number of nitrogens with one attached hydrogen (secondary N) is 1. The van der Waals surface area contributed by atoms with E-state index in [-0.39, 0.29) is 11.4 Å². The molecule has 1 spiro atoms. The second-order valence-corrected chi connectivity index (χ2v) is 8.63. The van der Waals surface area contributed by atoms with Crippen LogP contribution in [0.3, 0.4) is 0 Å². The molecule has 7 heteroatoms. The number of piperidine rings is 1. The minimum Gasteiger partial charge on any atom is -0.497 e. The highest BCUT2D eigenvalue weighted by Gasteiger charge is 2.43. The van der Waals surface area contributed by atoms with E-state index in [2.05, 4.69) is 39.3 Å². The minimum absolute atomic E-state index is 0.114. The third-order valence-electron chi connectivity index (χ3n) is 6.75. The Labute approximate surface area is 186 Å². The first-order chi connectivity index (χ1) is 15.7. The standard InChI is InChI=1S/C25H25N5O2/c1-32-18-9-10-22-20(14-18)27-25(23-8-4-13-30(22)23)11-5-12-28(16-25)24(31)15-29-17-26-19-6-2-3-7-21(19)29/h2-4,6-10,13-14,17,27H,5,11-12,15-16H2,1H3/t25-/m0/s1. The van der Waals surface area contributed by atoms with Crippen LogP contribution in [0.2, 0.25) is 0 Å². The number of ether oxygens (including phenoxy) is 1. The molecule has 32 heavy (non-hydrogen) atoms. The summed E-state index contributed by atoms with van der Waals surface area (Å²) < 4.78 is 9.64. The Morgan fingerprint density at radius 1 is 1.19 bits per heavy atom. The van der Waals surface area contributed by atoms with Crippen LogP contribution in [-0.2, 0) is 16.9 Å². The van der Waals surface area contributed by atoms with Crippen LogP contribution in [0.4, 0.5) is 5.69 Å². The van der Waals surface area contributed by atoms with Crippen LogP contribution in [0.15, 0.2) is 67.1 Å². The molecule has 0 bridgehead atoms. The summed E-state index contributed by atoms with van der Waals surface area (Å²) in [5.41, 5.74) is 4.90. The molecule has 4 heterocycles. The van der Waals surface area contributed by atoms with E-state index in [4.69, 9.17) is 4.74 Å². The molecule has 1 amide bonds. The number of rotatable bonds is 3. The molecule has 0 radical (unpaired) electrons. The highest BCUT2D eigenvalue weighted by molar-refractivity contribution is 5.81. The van der Waals surface area contributed by atoms with Gasteiger partial charge in [0.15, 0.2) is 0 Å². The van der Waals surface area contributed by atoms with Gasteiger partial charge < -0.3 is 24.1 Å². The molecule has 2 aromatic heterocycles. The molecule has 2 aromatic carbocycles. The van der Waals surface area contributed by atoms with Gasteiger partial charge in [-0.1, -0.05) is 12.1 Å². The van der Waals surface area contributed by atoms with E-state index >= 15 is 0 Å². The molecular formula is C25H25N5O2. The molecule has 1 N–H and O–H groups in total. The van der Waals surface area contributed by atoms with Crippen molar-refractivity contribution in [2.45, 2.75) is 24.9 Å². The molecule has 1 fully saturated rings. The number of benzene rings is 2. The van der Waals surface area contributed by atoms with Gasteiger partial charge in [0.05, 0.1) is 47.1 Å². The van der Waals surface area contributed by atoms with Crippen LogP contribution in [0.5, 0.6) is 5.75 Å². The topological polar surface area (TPSA) is 64.3 Å². The van der Waals surface area contributed by atoms with Gasteiger partial charge in [0, 0.05) is 25.4 Å². The van der Waals surface area contributed by atoms with Crippen molar-refractivity contribution in [3.8, 4) is 11.4 Å². The fourth-order valence-corrected chi connectivity index (χ4v) is 5.22. The first-order valence-corrected chi connectivity index (χ1v) is 11.0. The quantitative estimate of drug-likeness (QED) is 0.541. The van der Waals surface area contributed by atoms with Crippen molar-refractivity contribution in [1.29, 1.82) is 0 Å². The Balaban J connectivity index is 1.31. The summed E-state index contributed by atoms with van der Waals surface area (Å²) in [6.45, 7) is 1.68. The van der Waals surface area contributed by atoms with Gasteiger partial charge in [0.1, 0.15) is 12.3 Å². The Kier molecular flexibility index (Phi) is 4.24. The van der Waals surface area contributed by atoms with E-state index in [9.17, 15) is 4.79 Å². The SMILES string of the molecule is COc1ccc2c(c1)N[C@]1(CCCN(C(=O)Cn3cnc4ccccc43)C1)c1cccn1-2. The highest BCUT2D eigenvalue weighted by Crippen LogP contribution is 2.43. The molecule has 7 nitrogen and oxygen atoms in total. The maximum atomic E-state index is 13.4. The largest absolute Gasteiger partial charge is 0.497 e. The zero-order valence-corrected chi connectivity index (χ0v) is 18.0. The second-order valence-electron chi connectivity index (χ2n) is 8.63. The number of hydrogen-bond donors (Lipinski definition) is 1. The zero-order chi connectivity index (χ0) is 21.7. The van der Waals surface area contributed by atoms with Crippen molar-refractivity contribution in [3.63, 3.8) is 0 Å². The fourth-order valence-electron chi connectivity index (χ4n) is 5.22. The first kappa shape index (κ1) is 19.0. The van der Waals surface area contributed by atoms with E-state index in [0.717, 1.165) is 47.5 Å². The number of methoxy groups -OCH3 is 1. The Hall–Kier alpha value is -3.74. The van der Waals surface area contributed by atoms with Crippen LogP contribution in [0, 0.1) is 0 Å². The summed E-state index contributed by atoms with van der Waals surface area (Å²) in [5.74, 6) is 0.932. The normalized spacial score (nSPS) is 19.5. The number of imidazole rings is 1. The lowest BCUT2D eigenvalue weighted by Gasteiger charge is -2.47. The number of carbonyl (C=O) groups is 1. The Morgan fingerprint density at radius 2 is 2.09 bits per heavy atom. The molecule has 1 saturated heterocycles. The molecular weight excluding hydrogens is 402 g/mol. The number of hydrogen-bond acceptors (Lipinski definition) is 4. The van der Waals surface area contributed by atoms with Gasteiger partial charge in [0.25, 0.3) is 0 Å². The van der Waals surface area contributed by atoms with Gasteiger partial charge in [0.2, 0.25) is 5.91 Å². The van der Waals surface area contributed by atoms with E-state index in [1.807, 2.05) is 45.9 Å². The average Bonchev–Trinajstić information content (AvgIpc) is 3.47. The van der Waals surface area contributed by atoms with Crippen LogP contribution in [-0.4, -0.2) is 45.1 Å². The van der Waals surface area contributed by atoms with E-state index in [1.165, 1.54) is 5.69 Å². The van der Waals surface area contributed by atoms with Crippen molar-refractivity contribution in [1.82, 2.24) is 19.0 Å². The van der Waals surface area contributed by atoms with Gasteiger partial charge in [-0.05, 0) is 49.2 Å². The molecule has 0 saturated carbocycles. The monoisotopic (exact) mass is 427 g/mol. The van der Waals surface area contributed by atoms with E-state index in [1.54, 1.807) is 13.4 Å². The predicted molar refractivity (Wildman–Crippen MR) is 123 cm³/mol. The number of para-hydroxylation sites is 2. The van der Waals surface area contributed by atoms with Gasteiger partial charge in [-0.3, -0.25) is 4.79 Å². The molecule has 4 aromatic rings. The maximum absolute atomic E-state index is 13.4. The summed E-state index contributed by atoms with van der Waals surface area (Å²) in [6.07, 6.45) is 5.76. The molecule has 2 aliphatic rings. The maximum Gasteiger partial charge on any atom is 0.242 e. The third kappa shape index (κ3) is 2.88. The van der Waals surface area contributed by atoms with Gasteiger partial charge in [-0.25, -0.2) is 4.98 Å². The lowest BCUT2D eigenvalue weighted by atomic mass is 9.83. The van der Waals surface area contributed by atoms with Crippen LogP contribution in [0.1, 0.15) is 18.5 Å². The molecule has 0 aliphatic carbocycles. The van der Waals surface area contributed by atoms with Gasteiger partial charge in [-0.2, -0.15) is 0 Å². The van der Waals surface area contributed by atoms with Crippen molar-refractivity contribution < 1.29 is 9.53 Å². The Morgan fingerprint density at radius 3 is 3.00 bits per heavy atom. The molecule has 0 unspecified atom stereocenters. The smallest absolute Gasteiger partial charge is 0.242 e. The number of nitrogens with zero attached hydrogens (tertiary/aromatic N) is 4. The number of fused-ring (bicyclic) bond motifs is 5. The van der Waals surface area contributed by atoms with E-state index < -0.39 is 0 Å². The number of likely N-dealkylation sites (tertiary alicyclic amines) is 1. The lowest BCUT2D eigenvalue weighted by Crippen LogP contribution is -2.55. The molecule has 6 rings (SSSR count). The minimum atomic E-state index is -0.326. The van der Waals surface area contributed by atoms with Crippen LogP contribution < -0.4 is 10.1 Å². The number of anilines is 1. The van der Waals surface area contributed by atoms with Crippen molar-refractivity contribution in [2.24, 2.45) is 0 Å². The van der Waals surface area contributed by atoms with Crippen molar-refractivity contribution >= 4 is 22.6 Å². The van der Waals surface area contributed by atoms with Gasteiger partial charge in [-0.15, -0.1) is 0 Å². The van der Waals surface area contributed by atoms with Gasteiger partial charge >= 0.3 is 0 Å². The summed E-state index contributed by atoms with van der Waals surface area (Å²) in [7, 11) is 1.68. The van der Waals surface area contributed by atoms with E-state index in [0.29, 0.717) is 13.1 Å². The lowest BCUT2D eigenvalue weighted by molar-refractivity contribution is -0.133. The number of amides is 1.